The maximum Gasteiger partial charge on any atom is 0.145 e. The Kier molecular flexibility index (Phi) is 3.20. The summed E-state index contributed by atoms with van der Waals surface area (Å²) in [6.07, 6.45) is 0.965. The third-order valence-corrected chi connectivity index (χ3v) is 3.19. The molecule has 0 bridgehead atoms. The topological polar surface area (TPSA) is 48.7 Å². The van der Waals surface area contributed by atoms with Gasteiger partial charge in [0.25, 0.3) is 0 Å². The Hall–Kier alpha value is -2.08. The number of para-hydroxylation sites is 1. The maximum absolute atomic E-state index is 9.22. The van der Waals surface area contributed by atoms with Gasteiger partial charge in [-0.1, -0.05) is 25.1 Å². The molecule has 0 aliphatic heterocycles. The fraction of sp³-hybridized carbons (Fsp3) is 0.333. The zero-order valence-electron chi connectivity index (χ0n) is 11.0. The van der Waals surface area contributed by atoms with E-state index >= 15 is 0 Å². The van der Waals surface area contributed by atoms with Crippen LogP contribution in [-0.4, -0.2) is 10.5 Å². The molecule has 0 saturated heterocycles. The van der Waals surface area contributed by atoms with Gasteiger partial charge in [-0.3, -0.25) is 0 Å². The Morgan fingerprint density at radius 2 is 2.06 bits per heavy atom. The van der Waals surface area contributed by atoms with Crippen LogP contribution in [-0.2, 0) is 0 Å². The molecular formula is C15H17N3. The fourth-order valence-corrected chi connectivity index (χ4v) is 1.71. The number of benzene rings is 1. The molecule has 0 radical (unpaired) electrons. The van der Waals surface area contributed by atoms with Crippen molar-refractivity contribution >= 4 is 16.7 Å². The first-order chi connectivity index (χ1) is 8.55. The van der Waals surface area contributed by atoms with Gasteiger partial charge in [0.15, 0.2) is 0 Å². The minimum Gasteiger partial charge on any atom is -0.364 e. The van der Waals surface area contributed by atoms with Crippen molar-refractivity contribution in [1.82, 2.24) is 4.98 Å². The SMILES string of the molecule is CCC(C)(C)Nc1nc2ccccc2cc1C#N. The van der Waals surface area contributed by atoms with Gasteiger partial charge in [0.05, 0.1) is 11.1 Å². The van der Waals surface area contributed by atoms with Gasteiger partial charge < -0.3 is 5.32 Å². The van der Waals surface area contributed by atoms with E-state index in [0.717, 1.165) is 17.3 Å². The number of fused-ring (bicyclic) bond motifs is 1. The van der Waals surface area contributed by atoms with Gasteiger partial charge in [0.1, 0.15) is 11.9 Å². The summed E-state index contributed by atoms with van der Waals surface area (Å²) >= 11 is 0. The maximum atomic E-state index is 9.22. The largest absolute Gasteiger partial charge is 0.364 e. The molecule has 1 aromatic carbocycles. The average Bonchev–Trinajstić information content (AvgIpc) is 2.37. The van der Waals surface area contributed by atoms with Gasteiger partial charge in [-0.05, 0) is 32.4 Å². The second kappa shape index (κ2) is 4.66. The van der Waals surface area contributed by atoms with Crippen molar-refractivity contribution in [2.24, 2.45) is 0 Å². The van der Waals surface area contributed by atoms with Crippen molar-refractivity contribution in [2.75, 3.05) is 5.32 Å². The summed E-state index contributed by atoms with van der Waals surface area (Å²) in [5.74, 6) is 0.669. The van der Waals surface area contributed by atoms with Crippen LogP contribution in [0.25, 0.3) is 10.9 Å². The minimum atomic E-state index is -0.0684. The second-order valence-electron chi connectivity index (χ2n) is 5.05. The number of pyridine rings is 1. The predicted octanol–water partition coefficient (Wildman–Crippen LogP) is 3.71. The number of aromatic nitrogens is 1. The zero-order chi connectivity index (χ0) is 13.2. The van der Waals surface area contributed by atoms with Crippen LogP contribution in [0.2, 0.25) is 0 Å². The summed E-state index contributed by atoms with van der Waals surface area (Å²) in [4.78, 5) is 4.55. The number of nitrogens with zero attached hydrogens (tertiary/aromatic N) is 2. The van der Waals surface area contributed by atoms with E-state index in [9.17, 15) is 5.26 Å². The van der Waals surface area contributed by atoms with Crippen LogP contribution >= 0.6 is 0 Å². The highest BCUT2D eigenvalue weighted by atomic mass is 15.0. The van der Waals surface area contributed by atoms with Gasteiger partial charge in [-0.2, -0.15) is 5.26 Å². The van der Waals surface area contributed by atoms with E-state index in [1.54, 1.807) is 0 Å². The van der Waals surface area contributed by atoms with Gasteiger partial charge in [0.2, 0.25) is 0 Å². The molecule has 3 heteroatoms. The Balaban J connectivity index is 2.53. The molecule has 0 amide bonds. The Labute approximate surface area is 107 Å². The number of anilines is 1. The molecule has 0 spiro atoms. The zero-order valence-corrected chi connectivity index (χ0v) is 11.0. The Morgan fingerprint density at radius 3 is 2.72 bits per heavy atom. The van der Waals surface area contributed by atoms with E-state index in [0.29, 0.717) is 11.4 Å². The van der Waals surface area contributed by atoms with E-state index in [2.05, 4.69) is 37.1 Å². The average molecular weight is 239 g/mol. The van der Waals surface area contributed by atoms with Crippen LogP contribution in [0.5, 0.6) is 0 Å². The van der Waals surface area contributed by atoms with Crippen molar-refractivity contribution in [3.8, 4) is 6.07 Å². The lowest BCUT2D eigenvalue weighted by Gasteiger charge is -2.25. The highest BCUT2D eigenvalue weighted by Gasteiger charge is 2.17. The Morgan fingerprint density at radius 1 is 1.33 bits per heavy atom. The van der Waals surface area contributed by atoms with E-state index < -0.39 is 0 Å². The molecule has 0 aliphatic rings. The van der Waals surface area contributed by atoms with Crippen molar-refractivity contribution in [2.45, 2.75) is 32.7 Å². The standard InChI is InChI=1S/C15H17N3/c1-4-15(2,3)18-14-12(10-16)9-11-7-5-6-8-13(11)17-14/h5-9H,4H2,1-3H3,(H,17,18). The van der Waals surface area contributed by atoms with E-state index in [1.165, 1.54) is 0 Å². The summed E-state index contributed by atoms with van der Waals surface area (Å²) < 4.78 is 0. The molecule has 1 N–H and O–H groups in total. The summed E-state index contributed by atoms with van der Waals surface area (Å²) in [6, 6.07) is 11.9. The third kappa shape index (κ3) is 2.43. The number of nitriles is 1. The molecule has 0 aliphatic carbocycles. The normalized spacial score (nSPS) is 11.2. The quantitative estimate of drug-likeness (QED) is 0.888. The fourth-order valence-electron chi connectivity index (χ4n) is 1.71. The van der Waals surface area contributed by atoms with Crippen LogP contribution in [0.3, 0.4) is 0 Å². The predicted molar refractivity (Wildman–Crippen MR) is 74.5 cm³/mol. The van der Waals surface area contributed by atoms with Crippen LogP contribution in [0.1, 0.15) is 32.8 Å². The molecule has 1 heterocycles. The van der Waals surface area contributed by atoms with Crippen molar-refractivity contribution in [3.63, 3.8) is 0 Å². The molecular weight excluding hydrogens is 222 g/mol. The molecule has 0 saturated carbocycles. The minimum absolute atomic E-state index is 0.0684. The molecule has 0 atom stereocenters. The lowest BCUT2D eigenvalue weighted by atomic mass is 10.0. The molecule has 92 valence electrons. The summed E-state index contributed by atoms with van der Waals surface area (Å²) in [5.41, 5.74) is 1.43. The first-order valence-electron chi connectivity index (χ1n) is 6.14. The first-order valence-corrected chi connectivity index (χ1v) is 6.14. The number of nitrogens with one attached hydrogen (secondary N) is 1. The van der Waals surface area contributed by atoms with Gasteiger partial charge in [-0.15, -0.1) is 0 Å². The third-order valence-electron chi connectivity index (χ3n) is 3.19. The highest BCUT2D eigenvalue weighted by molar-refractivity contribution is 5.82. The lowest BCUT2D eigenvalue weighted by Crippen LogP contribution is -2.30. The summed E-state index contributed by atoms with van der Waals surface area (Å²) in [6.45, 7) is 6.32. The van der Waals surface area contributed by atoms with Crippen molar-refractivity contribution in [3.05, 3.63) is 35.9 Å². The first kappa shape index (κ1) is 12.4. The molecule has 18 heavy (non-hydrogen) atoms. The monoisotopic (exact) mass is 239 g/mol. The van der Waals surface area contributed by atoms with Crippen LogP contribution in [0, 0.1) is 11.3 Å². The highest BCUT2D eigenvalue weighted by Crippen LogP contribution is 2.23. The van der Waals surface area contributed by atoms with Gasteiger partial charge in [-0.25, -0.2) is 4.98 Å². The van der Waals surface area contributed by atoms with Gasteiger partial charge in [0, 0.05) is 10.9 Å². The smallest absolute Gasteiger partial charge is 0.145 e. The summed E-state index contributed by atoms with van der Waals surface area (Å²) in [7, 11) is 0. The number of hydrogen-bond donors (Lipinski definition) is 1. The number of rotatable bonds is 3. The van der Waals surface area contributed by atoms with Crippen LogP contribution in [0.4, 0.5) is 5.82 Å². The molecule has 2 rings (SSSR count). The van der Waals surface area contributed by atoms with E-state index in [-0.39, 0.29) is 5.54 Å². The molecule has 0 fully saturated rings. The second-order valence-corrected chi connectivity index (χ2v) is 5.05. The lowest BCUT2D eigenvalue weighted by molar-refractivity contribution is 0.545. The molecule has 2 aromatic rings. The number of hydrogen-bond acceptors (Lipinski definition) is 3. The summed E-state index contributed by atoms with van der Waals surface area (Å²) in [5, 5.41) is 13.6. The van der Waals surface area contributed by atoms with Gasteiger partial charge >= 0.3 is 0 Å². The van der Waals surface area contributed by atoms with E-state index in [4.69, 9.17) is 0 Å². The van der Waals surface area contributed by atoms with Crippen LogP contribution in [0.15, 0.2) is 30.3 Å². The van der Waals surface area contributed by atoms with Crippen molar-refractivity contribution in [1.29, 1.82) is 5.26 Å². The molecule has 1 aromatic heterocycles. The molecule has 0 unspecified atom stereocenters. The van der Waals surface area contributed by atoms with Crippen molar-refractivity contribution < 1.29 is 0 Å². The van der Waals surface area contributed by atoms with Crippen LogP contribution < -0.4 is 5.32 Å². The molecule has 3 nitrogen and oxygen atoms in total. The van der Waals surface area contributed by atoms with E-state index in [1.807, 2.05) is 30.3 Å². The Bertz CT molecular complexity index is 609.